The standard InChI is InChI=1S/C17H30N4S.HI/c1-4-7-21-8-5-15(12-21)11-20-17(18-3)19-10-14(2)16-6-9-22-13-16;/h6,9,13-15H,4-5,7-8,10-12H2,1-3H3,(H2,18,19,20);1H. The molecule has 132 valence electrons. The van der Waals surface area contributed by atoms with Crippen LogP contribution in [0.25, 0.3) is 0 Å². The third-order valence-corrected chi connectivity index (χ3v) is 5.08. The first kappa shape index (κ1) is 20.7. The van der Waals surface area contributed by atoms with Gasteiger partial charge < -0.3 is 15.5 Å². The molecule has 2 heterocycles. The van der Waals surface area contributed by atoms with Gasteiger partial charge in [-0.2, -0.15) is 11.3 Å². The van der Waals surface area contributed by atoms with Gasteiger partial charge in [-0.3, -0.25) is 4.99 Å². The minimum Gasteiger partial charge on any atom is -0.356 e. The van der Waals surface area contributed by atoms with Gasteiger partial charge in [0.1, 0.15) is 0 Å². The number of hydrogen-bond donors (Lipinski definition) is 2. The van der Waals surface area contributed by atoms with Crippen molar-refractivity contribution in [3.63, 3.8) is 0 Å². The van der Waals surface area contributed by atoms with Crippen LogP contribution in [0, 0.1) is 5.92 Å². The lowest BCUT2D eigenvalue weighted by molar-refractivity contribution is 0.324. The number of likely N-dealkylation sites (tertiary alicyclic amines) is 1. The van der Waals surface area contributed by atoms with Crippen LogP contribution < -0.4 is 10.6 Å². The third kappa shape index (κ3) is 6.97. The summed E-state index contributed by atoms with van der Waals surface area (Å²) in [6.07, 6.45) is 2.55. The van der Waals surface area contributed by atoms with Crippen LogP contribution in [-0.4, -0.2) is 50.6 Å². The summed E-state index contributed by atoms with van der Waals surface area (Å²) in [7, 11) is 1.85. The number of nitrogens with zero attached hydrogens (tertiary/aromatic N) is 2. The lowest BCUT2D eigenvalue weighted by atomic mass is 10.1. The SMILES string of the molecule is CCCN1CCC(CNC(=NC)NCC(C)c2ccsc2)C1.I. The zero-order chi connectivity index (χ0) is 15.8. The highest BCUT2D eigenvalue weighted by Crippen LogP contribution is 2.17. The van der Waals surface area contributed by atoms with Crippen LogP contribution >= 0.6 is 35.3 Å². The van der Waals surface area contributed by atoms with Gasteiger partial charge in [0.25, 0.3) is 0 Å². The van der Waals surface area contributed by atoms with E-state index in [2.05, 4.69) is 51.2 Å². The van der Waals surface area contributed by atoms with E-state index < -0.39 is 0 Å². The van der Waals surface area contributed by atoms with Crippen LogP contribution in [0.4, 0.5) is 0 Å². The van der Waals surface area contributed by atoms with Crippen LogP contribution in [0.2, 0.25) is 0 Å². The fourth-order valence-corrected chi connectivity index (χ4v) is 3.77. The summed E-state index contributed by atoms with van der Waals surface area (Å²) in [4.78, 5) is 6.91. The Bertz CT molecular complexity index is 449. The Kier molecular flexibility index (Phi) is 10.1. The molecule has 0 amide bonds. The number of hydrogen-bond acceptors (Lipinski definition) is 3. The summed E-state index contributed by atoms with van der Waals surface area (Å²) < 4.78 is 0. The topological polar surface area (TPSA) is 39.7 Å². The number of aliphatic imine (C=N–C) groups is 1. The molecular formula is C17H31IN4S. The van der Waals surface area contributed by atoms with Crippen LogP contribution in [0.3, 0.4) is 0 Å². The number of thiophene rings is 1. The molecule has 2 rings (SSSR count). The van der Waals surface area contributed by atoms with Gasteiger partial charge in [-0.05, 0) is 60.2 Å². The first-order valence-electron chi connectivity index (χ1n) is 8.41. The molecule has 2 unspecified atom stereocenters. The Morgan fingerprint density at radius 2 is 2.30 bits per heavy atom. The molecule has 0 radical (unpaired) electrons. The van der Waals surface area contributed by atoms with E-state index >= 15 is 0 Å². The molecule has 6 heteroatoms. The smallest absolute Gasteiger partial charge is 0.191 e. The Hall–Kier alpha value is -0.340. The second kappa shape index (κ2) is 11.3. The molecule has 1 aliphatic heterocycles. The quantitative estimate of drug-likeness (QED) is 0.380. The molecule has 23 heavy (non-hydrogen) atoms. The lowest BCUT2D eigenvalue weighted by Gasteiger charge is -2.18. The van der Waals surface area contributed by atoms with E-state index in [0.29, 0.717) is 5.92 Å². The zero-order valence-electron chi connectivity index (χ0n) is 14.5. The van der Waals surface area contributed by atoms with E-state index in [4.69, 9.17) is 0 Å². The van der Waals surface area contributed by atoms with Crippen molar-refractivity contribution in [1.82, 2.24) is 15.5 Å². The fourth-order valence-electron chi connectivity index (χ4n) is 2.98. The molecule has 0 aromatic carbocycles. The van der Waals surface area contributed by atoms with Crippen LogP contribution in [0.5, 0.6) is 0 Å². The molecule has 0 spiro atoms. The van der Waals surface area contributed by atoms with Gasteiger partial charge in [0, 0.05) is 26.7 Å². The highest BCUT2D eigenvalue weighted by atomic mass is 127. The summed E-state index contributed by atoms with van der Waals surface area (Å²) in [5.41, 5.74) is 1.40. The Morgan fingerprint density at radius 3 is 2.96 bits per heavy atom. The number of halogens is 1. The lowest BCUT2D eigenvalue weighted by Crippen LogP contribution is -2.41. The van der Waals surface area contributed by atoms with Crippen LogP contribution in [-0.2, 0) is 0 Å². The molecule has 0 bridgehead atoms. The van der Waals surface area contributed by atoms with Crippen molar-refractivity contribution in [3.8, 4) is 0 Å². The van der Waals surface area contributed by atoms with Crippen molar-refractivity contribution < 1.29 is 0 Å². The molecule has 0 aliphatic carbocycles. The molecule has 1 fully saturated rings. The van der Waals surface area contributed by atoms with E-state index in [1.54, 1.807) is 11.3 Å². The Balaban J connectivity index is 0.00000264. The number of nitrogens with one attached hydrogen (secondary N) is 2. The molecule has 2 N–H and O–H groups in total. The van der Waals surface area contributed by atoms with E-state index in [1.807, 2.05) is 7.05 Å². The van der Waals surface area contributed by atoms with Crippen molar-refractivity contribution >= 4 is 41.3 Å². The molecule has 2 atom stereocenters. The van der Waals surface area contributed by atoms with Gasteiger partial charge in [-0.15, -0.1) is 24.0 Å². The first-order chi connectivity index (χ1) is 10.7. The molecule has 1 saturated heterocycles. The normalized spacial score (nSPS) is 20.1. The maximum absolute atomic E-state index is 4.34. The molecule has 1 aromatic rings. The fraction of sp³-hybridized carbons (Fsp3) is 0.706. The predicted octanol–water partition coefficient (Wildman–Crippen LogP) is 3.37. The molecule has 1 aromatic heterocycles. The average molecular weight is 450 g/mol. The van der Waals surface area contributed by atoms with E-state index in [0.717, 1.165) is 25.0 Å². The van der Waals surface area contributed by atoms with Gasteiger partial charge >= 0.3 is 0 Å². The maximum atomic E-state index is 4.34. The van der Waals surface area contributed by atoms with Gasteiger partial charge in [0.15, 0.2) is 5.96 Å². The average Bonchev–Trinajstić information content (AvgIpc) is 3.19. The summed E-state index contributed by atoms with van der Waals surface area (Å²) in [6.45, 7) is 10.2. The summed E-state index contributed by atoms with van der Waals surface area (Å²) in [6, 6.07) is 2.20. The molecule has 1 aliphatic rings. The van der Waals surface area contributed by atoms with Crippen molar-refractivity contribution in [2.75, 3.05) is 39.8 Å². The summed E-state index contributed by atoms with van der Waals surface area (Å²) in [5, 5.41) is 11.3. The van der Waals surface area contributed by atoms with Crippen molar-refractivity contribution in [2.45, 2.75) is 32.6 Å². The van der Waals surface area contributed by atoms with Crippen LogP contribution in [0.1, 0.15) is 38.2 Å². The van der Waals surface area contributed by atoms with Gasteiger partial charge in [0.2, 0.25) is 0 Å². The number of guanidine groups is 1. The Labute approximate surface area is 162 Å². The Morgan fingerprint density at radius 1 is 1.48 bits per heavy atom. The largest absolute Gasteiger partial charge is 0.356 e. The van der Waals surface area contributed by atoms with E-state index in [1.165, 1.54) is 38.0 Å². The minimum absolute atomic E-state index is 0. The molecule has 0 saturated carbocycles. The third-order valence-electron chi connectivity index (χ3n) is 4.38. The second-order valence-electron chi connectivity index (χ2n) is 6.25. The number of rotatable bonds is 7. The molecule has 4 nitrogen and oxygen atoms in total. The van der Waals surface area contributed by atoms with Crippen LogP contribution in [0.15, 0.2) is 21.8 Å². The van der Waals surface area contributed by atoms with Gasteiger partial charge in [-0.25, -0.2) is 0 Å². The predicted molar refractivity (Wildman–Crippen MR) is 112 cm³/mol. The van der Waals surface area contributed by atoms with Gasteiger partial charge in [0.05, 0.1) is 0 Å². The van der Waals surface area contributed by atoms with Crippen molar-refractivity contribution in [1.29, 1.82) is 0 Å². The highest BCUT2D eigenvalue weighted by molar-refractivity contribution is 14.0. The monoisotopic (exact) mass is 450 g/mol. The highest BCUT2D eigenvalue weighted by Gasteiger charge is 2.21. The minimum atomic E-state index is 0. The zero-order valence-corrected chi connectivity index (χ0v) is 17.7. The maximum Gasteiger partial charge on any atom is 0.191 e. The second-order valence-corrected chi connectivity index (χ2v) is 7.03. The van der Waals surface area contributed by atoms with E-state index in [-0.39, 0.29) is 24.0 Å². The first-order valence-corrected chi connectivity index (χ1v) is 9.36. The van der Waals surface area contributed by atoms with E-state index in [9.17, 15) is 0 Å². The van der Waals surface area contributed by atoms with Crippen molar-refractivity contribution in [3.05, 3.63) is 22.4 Å². The molecular weight excluding hydrogens is 419 g/mol. The summed E-state index contributed by atoms with van der Waals surface area (Å²) in [5.74, 6) is 2.19. The summed E-state index contributed by atoms with van der Waals surface area (Å²) >= 11 is 1.76. The van der Waals surface area contributed by atoms with Gasteiger partial charge in [-0.1, -0.05) is 13.8 Å². The van der Waals surface area contributed by atoms with Crippen molar-refractivity contribution in [2.24, 2.45) is 10.9 Å².